The topological polar surface area (TPSA) is 66.9 Å². The highest BCUT2D eigenvalue weighted by Gasteiger charge is 2.37. The van der Waals surface area contributed by atoms with E-state index in [-0.39, 0.29) is 18.9 Å². The number of halogens is 1. The molecule has 0 aliphatic carbocycles. The highest BCUT2D eigenvalue weighted by Crippen LogP contribution is 2.23. The number of benzene rings is 1. The van der Waals surface area contributed by atoms with E-state index in [1.807, 2.05) is 43.3 Å². The third-order valence-corrected chi connectivity index (χ3v) is 5.55. The fourth-order valence-electron chi connectivity index (χ4n) is 2.33. The Bertz CT molecular complexity index is 646. The highest BCUT2D eigenvalue weighted by atomic mass is 35.7. The van der Waals surface area contributed by atoms with Crippen molar-refractivity contribution in [1.82, 2.24) is 9.80 Å². The van der Waals surface area contributed by atoms with Gasteiger partial charge in [-0.3, -0.25) is 4.79 Å². The minimum absolute atomic E-state index is 0.0441. The van der Waals surface area contributed by atoms with Gasteiger partial charge in [0.25, 0.3) is 0 Å². The maximum absolute atomic E-state index is 11.9. The van der Waals surface area contributed by atoms with Gasteiger partial charge in [-0.2, -0.15) is 0 Å². The Morgan fingerprint density at radius 1 is 1.30 bits per heavy atom. The first-order valence-electron chi connectivity index (χ1n) is 7.33. The Balaban J connectivity index is 1.90. The van der Waals surface area contributed by atoms with Gasteiger partial charge in [-0.1, -0.05) is 12.1 Å². The Morgan fingerprint density at radius 3 is 2.48 bits per heavy atom. The molecule has 2 rings (SSSR count). The molecule has 8 heteroatoms. The van der Waals surface area contributed by atoms with E-state index in [2.05, 4.69) is 0 Å². The number of likely N-dealkylation sites (tertiary alicyclic amines) is 1. The first-order chi connectivity index (χ1) is 10.8. The molecule has 1 aliphatic heterocycles. The van der Waals surface area contributed by atoms with Crippen molar-refractivity contribution in [3.63, 3.8) is 0 Å². The lowest BCUT2D eigenvalue weighted by Gasteiger charge is -2.16. The van der Waals surface area contributed by atoms with Crippen molar-refractivity contribution in [1.29, 1.82) is 0 Å². The van der Waals surface area contributed by atoms with Gasteiger partial charge < -0.3 is 14.5 Å². The molecule has 0 aromatic heterocycles. The summed E-state index contributed by atoms with van der Waals surface area (Å²) in [7, 11) is 5.60. The van der Waals surface area contributed by atoms with Crippen molar-refractivity contribution in [3.05, 3.63) is 29.8 Å². The van der Waals surface area contributed by atoms with Crippen molar-refractivity contribution in [3.8, 4) is 5.75 Å². The van der Waals surface area contributed by atoms with Gasteiger partial charge >= 0.3 is 0 Å². The van der Waals surface area contributed by atoms with Gasteiger partial charge in [0.1, 0.15) is 17.6 Å². The summed E-state index contributed by atoms with van der Waals surface area (Å²) in [4.78, 5) is 15.4. The number of amides is 1. The summed E-state index contributed by atoms with van der Waals surface area (Å²) in [5.74, 6) is 0.579. The predicted octanol–water partition coefficient (Wildman–Crippen LogP) is 1.30. The minimum atomic E-state index is -3.70. The Morgan fingerprint density at radius 2 is 1.96 bits per heavy atom. The third-order valence-electron chi connectivity index (χ3n) is 3.68. The molecule has 128 valence electrons. The first kappa shape index (κ1) is 18.0. The quantitative estimate of drug-likeness (QED) is 0.685. The van der Waals surface area contributed by atoms with Gasteiger partial charge in [0, 0.05) is 36.7 Å². The van der Waals surface area contributed by atoms with Gasteiger partial charge in [0.2, 0.25) is 15.0 Å². The number of carbonyl (C=O) groups is 1. The second-order valence-electron chi connectivity index (χ2n) is 5.87. The zero-order valence-electron chi connectivity index (χ0n) is 13.2. The molecule has 23 heavy (non-hydrogen) atoms. The van der Waals surface area contributed by atoms with Crippen LogP contribution in [0.1, 0.15) is 12.0 Å². The maximum atomic E-state index is 11.9. The number of ether oxygens (including phenoxy) is 1. The molecular formula is C15H21ClN2O4S. The van der Waals surface area contributed by atoms with E-state index in [1.165, 1.54) is 4.90 Å². The average molecular weight is 361 g/mol. The Hall–Kier alpha value is -1.31. The van der Waals surface area contributed by atoms with Crippen molar-refractivity contribution >= 4 is 25.6 Å². The molecule has 0 spiro atoms. The van der Waals surface area contributed by atoms with Crippen LogP contribution in [-0.2, 0) is 20.4 Å². The number of likely N-dealkylation sites (N-methyl/N-ethyl adjacent to an activating group) is 1. The van der Waals surface area contributed by atoms with Gasteiger partial charge in [0.05, 0.1) is 0 Å². The third kappa shape index (κ3) is 5.37. The lowest BCUT2D eigenvalue weighted by molar-refractivity contribution is -0.128. The van der Waals surface area contributed by atoms with Crippen molar-refractivity contribution in [2.45, 2.75) is 18.2 Å². The highest BCUT2D eigenvalue weighted by molar-refractivity contribution is 8.14. The van der Waals surface area contributed by atoms with E-state index >= 15 is 0 Å². The molecule has 1 fully saturated rings. The van der Waals surface area contributed by atoms with Gasteiger partial charge in [0.15, 0.2) is 0 Å². The molecule has 0 saturated carbocycles. The smallest absolute Gasteiger partial charge is 0.237 e. The van der Waals surface area contributed by atoms with E-state index in [0.29, 0.717) is 13.2 Å². The molecule has 1 heterocycles. The van der Waals surface area contributed by atoms with Gasteiger partial charge in [-0.05, 0) is 31.8 Å². The molecule has 1 aromatic carbocycles. The van der Waals surface area contributed by atoms with E-state index in [1.54, 1.807) is 0 Å². The second-order valence-corrected chi connectivity index (χ2v) is 8.78. The summed E-state index contributed by atoms with van der Waals surface area (Å²) >= 11 is 0. The SMILES string of the molecule is CN(C)CCOc1ccc(CN2CC(S(=O)(=O)Cl)CC2=O)cc1. The largest absolute Gasteiger partial charge is 0.492 e. The van der Waals surface area contributed by atoms with Crippen LogP contribution in [0.2, 0.25) is 0 Å². The molecule has 1 saturated heterocycles. The van der Waals surface area contributed by atoms with Crippen LogP contribution in [0.3, 0.4) is 0 Å². The summed E-state index contributed by atoms with van der Waals surface area (Å²) in [5.41, 5.74) is 0.922. The minimum Gasteiger partial charge on any atom is -0.492 e. The predicted molar refractivity (Wildman–Crippen MR) is 89.1 cm³/mol. The zero-order valence-corrected chi connectivity index (χ0v) is 14.8. The van der Waals surface area contributed by atoms with Crippen LogP contribution in [0.4, 0.5) is 0 Å². The van der Waals surface area contributed by atoms with Gasteiger partial charge in [-0.25, -0.2) is 8.42 Å². The number of carbonyl (C=O) groups excluding carboxylic acids is 1. The molecule has 0 bridgehead atoms. The zero-order chi connectivity index (χ0) is 17.0. The van der Waals surface area contributed by atoms with E-state index in [4.69, 9.17) is 15.4 Å². The molecule has 0 N–H and O–H groups in total. The summed E-state index contributed by atoms with van der Waals surface area (Å²) in [6.45, 7) is 1.95. The Kier molecular flexibility index (Phi) is 5.89. The summed E-state index contributed by atoms with van der Waals surface area (Å²) in [6, 6.07) is 7.45. The summed E-state index contributed by atoms with van der Waals surface area (Å²) in [5, 5.41) is -0.815. The standard InChI is InChI=1S/C15H21ClN2O4S/c1-17(2)7-8-22-13-5-3-12(4-6-13)10-18-11-14(9-15(18)19)23(16,20)21/h3-6,14H,7-11H2,1-2H3. The van der Waals surface area contributed by atoms with Gasteiger partial charge in [-0.15, -0.1) is 0 Å². The molecule has 1 aromatic rings. The van der Waals surface area contributed by atoms with Crippen LogP contribution in [-0.4, -0.2) is 63.2 Å². The molecule has 6 nitrogen and oxygen atoms in total. The number of hydrogen-bond donors (Lipinski definition) is 0. The monoisotopic (exact) mass is 360 g/mol. The van der Waals surface area contributed by atoms with E-state index in [9.17, 15) is 13.2 Å². The summed E-state index contributed by atoms with van der Waals surface area (Å²) in [6.07, 6.45) is -0.0441. The first-order valence-corrected chi connectivity index (χ1v) is 9.70. The van der Waals surface area contributed by atoms with Crippen molar-refractivity contribution in [2.75, 3.05) is 33.8 Å². The number of nitrogens with zero attached hydrogens (tertiary/aromatic N) is 2. The molecule has 1 unspecified atom stereocenters. The van der Waals surface area contributed by atoms with Crippen molar-refractivity contribution in [2.24, 2.45) is 0 Å². The van der Waals surface area contributed by atoms with Crippen LogP contribution in [0.5, 0.6) is 5.75 Å². The fraction of sp³-hybridized carbons (Fsp3) is 0.533. The van der Waals surface area contributed by atoms with Crippen molar-refractivity contribution < 1.29 is 17.9 Å². The lowest BCUT2D eigenvalue weighted by Crippen LogP contribution is -2.26. The van der Waals surface area contributed by atoms with E-state index in [0.717, 1.165) is 17.9 Å². The van der Waals surface area contributed by atoms with Crippen LogP contribution in [0.15, 0.2) is 24.3 Å². The lowest BCUT2D eigenvalue weighted by atomic mass is 10.2. The number of rotatable bonds is 7. The second kappa shape index (κ2) is 7.51. The van der Waals surface area contributed by atoms with Crippen LogP contribution in [0.25, 0.3) is 0 Å². The van der Waals surface area contributed by atoms with Crippen LogP contribution in [0, 0.1) is 0 Å². The Labute approximate surface area is 141 Å². The molecule has 0 radical (unpaired) electrons. The maximum Gasteiger partial charge on any atom is 0.237 e. The molecular weight excluding hydrogens is 340 g/mol. The van der Waals surface area contributed by atoms with Crippen LogP contribution >= 0.6 is 10.7 Å². The summed E-state index contributed by atoms with van der Waals surface area (Å²) < 4.78 is 28.3. The molecule has 1 aliphatic rings. The fourth-order valence-corrected chi connectivity index (χ4v) is 3.39. The number of hydrogen-bond acceptors (Lipinski definition) is 5. The molecule has 1 amide bonds. The average Bonchev–Trinajstić information content (AvgIpc) is 2.82. The molecule has 1 atom stereocenters. The van der Waals surface area contributed by atoms with E-state index < -0.39 is 14.3 Å². The normalized spacial score (nSPS) is 18.7. The van der Waals surface area contributed by atoms with Crippen LogP contribution < -0.4 is 4.74 Å².